The van der Waals surface area contributed by atoms with E-state index in [2.05, 4.69) is 17.6 Å². The van der Waals surface area contributed by atoms with Gasteiger partial charge in [0.2, 0.25) is 17.7 Å². The van der Waals surface area contributed by atoms with Crippen molar-refractivity contribution >= 4 is 35.2 Å². The van der Waals surface area contributed by atoms with Gasteiger partial charge in [0.25, 0.3) is 0 Å². The van der Waals surface area contributed by atoms with Crippen molar-refractivity contribution in [1.29, 1.82) is 0 Å². The molecule has 1 saturated carbocycles. The molecule has 7 nitrogen and oxygen atoms in total. The Hall–Kier alpha value is -2.06. The van der Waals surface area contributed by atoms with Crippen LogP contribution in [-0.4, -0.2) is 62.0 Å². The van der Waals surface area contributed by atoms with Gasteiger partial charge in [0.1, 0.15) is 6.04 Å². The quantitative estimate of drug-likeness (QED) is 0.576. The number of aliphatic hydroxyl groups is 1. The van der Waals surface area contributed by atoms with E-state index in [1.54, 1.807) is 23.6 Å². The highest BCUT2D eigenvalue weighted by molar-refractivity contribution is 8.02. The standard InChI is InChI=1S/C26H35N3O4S/c1-16(15-30)29-21(23(32)28-18-11-7-4-8-12-18)26-14-13-25(2,34-26)19(20(26)24(29)33)22(31)27-17-9-5-3-6-10-17/h3,5-6,9-10,16,18-21,30H,4,7-8,11-15H2,1-2H3,(H,27,31)(H,28,32)/t16-,19-,20+,21?,25+,26?/m1/s1. The molecule has 0 radical (unpaired) electrons. The van der Waals surface area contributed by atoms with E-state index in [4.69, 9.17) is 0 Å². The van der Waals surface area contributed by atoms with Crippen molar-refractivity contribution in [3.8, 4) is 0 Å². The van der Waals surface area contributed by atoms with E-state index in [9.17, 15) is 19.5 Å². The Morgan fingerprint density at radius 2 is 1.85 bits per heavy atom. The van der Waals surface area contributed by atoms with Crippen molar-refractivity contribution in [3.05, 3.63) is 30.3 Å². The highest BCUT2D eigenvalue weighted by atomic mass is 32.2. The number of benzene rings is 1. The lowest BCUT2D eigenvalue weighted by Gasteiger charge is -2.37. The maximum Gasteiger partial charge on any atom is 0.244 e. The molecule has 3 heterocycles. The van der Waals surface area contributed by atoms with E-state index in [0.29, 0.717) is 5.69 Å². The fourth-order valence-electron chi connectivity index (χ4n) is 6.89. The first-order valence-electron chi connectivity index (χ1n) is 12.6. The maximum absolute atomic E-state index is 13.9. The number of carbonyl (C=O) groups excluding carboxylic acids is 3. The number of carbonyl (C=O) groups is 3. The minimum absolute atomic E-state index is 0.121. The van der Waals surface area contributed by atoms with Crippen LogP contribution in [0.1, 0.15) is 58.8 Å². The third kappa shape index (κ3) is 3.65. The highest BCUT2D eigenvalue weighted by Gasteiger charge is 2.77. The third-order valence-electron chi connectivity index (χ3n) is 8.48. The summed E-state index contributed by atoms with van der Waals surface area (Å²) in [6, 6.07) is 8.28. The zero-order valence-corrected chi connectivity index (χ0v) is 20.8. The Morgan fingerprint density at radius 1 is 1.15 bits per heavy atom. The van der Waals surface area contributed by atoms with Gasteiger partial charge in [0.05, 0.1) is 29.2 Å². The fraction of sp³-hybridized carbons (Fsp3) is 0.654. The smallest absolute Gasteiger partial charge is 0.244 e. The number of nitrogens with zero attached hydrogens (tertiary/aromatic N) is 1. The lowest BCUT2D eigenvalue weighted by molar-refractivity contribution is -0.142. The number of amides is 3. The van der Waals surface area contributed by atoms with Gasteiger partial charge in [-0.2, -0.15) is 0 Å². The number of anilines is 1. The molecular weight excluding hydrogens is 450 g/mol. The number of thioether (sulfide) groups is 1. The summed E-state index contributed by atoms with van der Waals surface area (Å²) in [5.74, 6) is -1.56. The molecule has 0 aromatic heterocycles. The molecule has 6 atom stereocenters. The summed E-state index contributed by atoms with van der Waals surface area (Å²) in [5, 5.41) is 16.2. The Morgan fingerprint density at radius 3 is 2.53 bits per heavy atom. The molecule has 3 N–H and O–H groups in total. The summed E-state index contributed by atoms with van der Waals surface area (Å²) in [6.07, 6.45) is 6.83. The molecular formula is C26H35N3O4S. The summed E-state index contributed by atoms with van der Waals surface area (Å²) in [4.78, 5) is 42.9. The van der Waals surface area contributed by atoms with Gasteiger partial charge in [-0.15, -0.1) is 11.8 Å². The van der Waals surface area contributed by atoms with Crippen LogP contribution in [0.2, 0.25) is 0 Å². The van der Waals surface area contributed by atoms with Gasteiger partial charge in [-0.3, -0.25) is 14.4 Å². The molecule has 3 saturated heterocycles. The van der Waals surface area contributed by atoms with E-state index >= 15 is 0 Å². The molecule has 1 aromatic carbocycles. The summed E-state index contributed by atoms with van der Waals surface area (Å²) >= 11 is 1.67. The Labute approximate surface area is 205 Å². The van der Waals surface area contributed by atoms with Crippen molar-refractivity contribution in [3.63, 3.8) is 0 Å². The summed E-state index contributed by atoms with van der Waals surface area (Å²) in [7, 11) is 0. The molecule has 184 valence electrons. The van der Waals surface area contributed by atoms with Gasteiger partial charge in [-0.05, 0) is 51.7 Å². The van der Waals surface area contributed by atoms with Gasteiger partial charge in [0.15, 0.2) is 0 Å². The van der Waals surface area contributed by atoms with Crippen LogP contribution < -0.4 is 10.6 Å². The van der Waals surface area contributed by atoms with Gasteiger partial charge >= 0.3 is 0 Å². The average molecular weight is 486 g/mol. The Bertz CT molecular complexity index is 968. The first-order chi connectivity index (χ1) is 16.3. The molecule has 2 unspecified atom stereocenters. The molecule has 1 spiro atoms. The van der Waals surface area contributed by atoms with E-state index in [1.807, 2.05) is 30.3 Å². The lowest BCUT2D eigenvalue weighted by atomic mass is 9.66. The second kappa shape index (κ2) is 8.86. The Kier molecular flexibility index (Phi) is 6.17. The molecule has 4 fully saturated rings. The maximum atomic E-state index is 13.9. The van der Waals surface area contributed by atoms with Crippen LogP contribution >= 0.6 is 11.8 Å². The van der Waals surface area contributed by atoms with Crippen molar-refractivity contribution in [2.45, 2.75) is 86.4 Å². The van der Waals surface area contributed by atoms with Crippen LogP contribution in [0, 0.1) is 11.8 Å². The average Bonchev–Trinajstić information content (AvgIpc) is 3.40. The largest absolute Gasteiger partial charge is 0.394 e. The van der Waals surface area contributed by atoms with E-state index in [1.165, 1.54) is 6.42 Å². The number of hydrogen-bond acceptors (Lipinski definition) is 5. The fourth-order valence-corrected chi connectivity index (χ4v) is 9.24. The molecule has 2 bridgehead atoms. The number of aliphatic hydroxyl groups excluding tert-OH is 1. The summed E-state index contributed by atoms with van der Waals surface area (Å²) in [6.45, 7) is 3.64. The van der Waals surface area contributed by atoms with Gasteiger partial charge in [0, 0.05) is 16.5 Å². The number of likely N-dealkylation sites (tertiary alicyclic amines) is 1. The first kappa shape index (κ1) is 23.7. The topological polar surface area (TPSA) is 98.7 Å². The third-order valence-corrected chi connectivity index (χ3v) is 10.5. The highest BCUT2D eigenvalue weighted by Crippen LogP contribution is 2.71. The van der Waals surface area contributed by atoms with Gasteiger partial charge < -0.3 is 20.6 Å². The van der Waals surface area contributed by atoms with Crippen LogP contribution in [-0.2, 0) is 14.4 Å². The zero-order chi connectivity index (χ0) is 24.1. The second-order valence-electron chi connectivity index (χ2n) is 10.7. The molecule has 8 heteroatoms. The SMILES string of the molecule is C[C@H](CO)N1C(=O)[C@@H]2[C@H](C(=O)Nc3ccccc3)[C@]3(C)CCC2(S3)C1C(=O)NC1CCCCC1. The normalized spacial score (nSPS) is 35.8. The second-order valence-corrected chi connectivity index (χ2v) is 12.6. The van der Waals surface area contributed by atoms with Crippen LogP contribution in [0.3, 0.4) is 0 Å². The summed E-state index contributed by atoms with van der Waals surface area (Å²) < 4.78 is -1.05. The van der Waals surface area contributed by atoms with Crippen molar-refractivity contribution in [1.82, 2.24) is 10.2 Å². The number of para-hydroxylation sites is 1. The molecule has 3 amide bonds. The van der Waals surface area contributed by atoms with Crippen LogP contribution in [0.25, 0.3) is 0 Å². The van der Waals surface area contributed by atoms with Crippen LogP contribution in [0.15, 0.2) is 30.3 Å². The molecule has 4 aliphatic rings. The van der Waals surface area contributed by atoms with Gasteiger partial charge in [-0.25, -0.2) is 0 Å². The lowest BCUT2D eigenvalue weighted by Crippen LogP contribution is -2.57. The van der Waals surface area contributed by atoms with E-state index in [-0.39, 0.29) is 30.4 Å². The van der Waals surface area contributed by atoms with E-state index < -0.39 is 33.4 Å². The van der Waals surface area contributed by atoms with Crippen molar-refractivity contribution in [2.24, 2.45) is 11.8 Å². The molecule has 1 aromatic rings. The zero-order valence-electron chi connectivity index (χ0n) is 20.0. The number of rotatable bonds is 6. The number of nitrogens with one attached hydrogen (secondary N) is 2. The monoisotopic (exact) mass is 485 g/mol. The predicted molar refractivity (Wildman–Crippen MR) is 132 cm³/mol. The number of fused-ring (bicyclic) bond motifs is 1. The van der Waals surface area contributed by atoms with Gasteiger partial charge in [-0.1, -0.05) is 37.5 Å². The minimum Gasteiger partial charge on any atom is -0.394 e. The molecule has 34 heavy (non-hydrogen) atoms. The molecule has 1 aliphatic carbocycles. The minimum atomic E-state index is -0.671. The predicted octanol–water partition coefficient (Wildman–Crippen LogP) is 2.94. The van der Waals surface area contributed by atoms with Crippen LogP contribution in [0.4, 0.5) is 5.69 Å². The molecule has 5 rings (SSSR count). The van der Waals surface area contributed by atoms with Crippen LogP contribution in [0.5, 0.6) is 0 Å². The molecule has 3 aliphatic heterocycles. The Balaban J connectivity index is 1.48. The van der Waals surface area contributed by atoms with E-state index in [0.717, 1.165) is 38.5 Å². The summed E-state index contributed by atoms with van der Waals surface area (Å²) in [5.41, 5.74) is 0.704. The van der Waals surface area contributed by atoms with Crippen molar-refractivity contribution < 1.29 is 19.5 Å². The number of hydrogen-bond donors (Lipinski definition) is 3. The first-order valence-corrected chi connectivity index (χ1v) is 13.4. The van der Waals surface area contributed by atoms with Crippen molar-refractivity contribution in [2.75, 3.05) is 11.9 Å².